The highest BCUT2D eigenvalue weighted by Gasteiger charge is 2.07. The maximum Gasteiger partial charge on any atom is 0.285 e. The van der Waals surface area contributed by atoms with Gasteiger partial charge in [-0.05, 0) is 6.07 Å². The monoisotopic (exact) mass is 194 g/mol. The second kappa shape index (κ2) is 4.09. The van der Waals surface area contributed by atoms with Gasteiger partial charge in [-0.15, -0.1) is 0 Å². The Balaban J connectivity index is 1.94. The fourth-order valence-electron chi connectivity index (χ4n) is 1.25. The van der Waals surface area contributed by atoms with Gasteiger partial charge in [-0.2, -0.15) is 0 Å². The van der Waals surface area contributed by atoms with Crippen molar-refractivity contribution in [2.45, 2.75) is 6.54 Å². The number of ether oxygens (including phenoxy) is 1. The van der Waals surface area contributed by atoms with Gasteiger partial charge >= 0.3 is 0 Å². The van der Waals surface area contributed by atoms with Gasteiger partial charge < -0.3 is 10.1 Å². The first-order chi connectivity index (χ1) is 6.86. The fourth-order valence-corrected chi connectivity index (χ4v) is 1.25. The number of nitrogens with zero attached hydrogens (tertiary/aromatic N) is 1. The molecule has 1 aliphatic rings. The second-order valence-electron chi connectivity index (χ2n) is 2.98. The van der Waals surface area contributed by atoms with Crippen molar-refractivity contribution in [1.29, 1.82) is 0 Å². The summed E-state index contributed by atoms with van der Waals surface area (Å²) in [5, 5.41) is 2.93. The van der Waals surface area contributed by atoms with Gasteiger partial charge in [0.05, 0.1) is 6.54 Å². The van der Waals surface area contributed by atoms with Crippen LogP contribution in [0.5, 0.6) is 0 Å². The summed E-state index contributed by atoms with van der Waals surface area (Å²) in [5.41, 5.74) is 0.616. The first-order valence-corrected chi connectivity index (χ1v) is 4.51. The molecule has 2 rings (SSSR count). The third kappa shape index (κ3) is 2.02. The summed E-state index contributed by atoms with van der Waals surface area (Å²) in [6.07, 6.45) is 0. The molecule has 0 saturated heterocycles. The molecule has 4 heteroatoms. The smallest absolute Gasteiger partial charge is 0.285 e. The number of halogens is 1. The molecular weight excluding hydrogens is 183 g/mol. The van der Waals surface area contributed by atoms with E-state index in [0.29, 0.717) is 31.3 Å². The highest BCUT2D eigenvalue weighted by atomic mass is 19.1. The molecule has 1 aliphatic heterocycles. The summed E-state index contributed by atoms with van der Waals surface area (Å²) >= 11 is 0. The minimum absolute atomic E-state index is 0.210. The van der Waals surface area contributed by atoms with Gasteiger partial charge in [0.15, 0.2) is 0 Å². The number of amidine groups is 1. The van der Waals surface area contributed by atoms with Crippen LogP contribution >= 0.6 is 0 Å². The van der Waals surface area contributed by atoms with Gasteiger partial charge in [0.25, 0.3) is 6.02 Å². The van der Waals surface area contributed by atoms with Crippen molar-refractivity contribution < 1.29 is 9.13 Å². The van der Waals surface area contributed by atoms with Crippen LogP contribution in [0.15, 0.2) is 29.3 Å². The van der Waals surface area contributed by atoms with E-state index in [1.807, 2.05) is 0 Å². The van der Waals surface area contributed by atoms with Crippen LogP contribution in [-0.2, 0) is 11.3 Å². The average Bonchev–Trinajstić information content (AvgIpc) is 2.69. The second-order valence-corrected chi connectivity index (χ2v) is 2.98. The van der Waals surface area contributed by atoms with Gasteiger partial charge in [0, 0.05) is 12.1 Å². The summed E-state index contributed by atoms with van der Waals surface area (Å²) in [6, 6.07) is 7.15. The molecular formula is C10H11FN2O. The van der Waals surface area contributed by atoms with E-state index < -0.39 is 0 Å². The van der Waals surface area contributed by atoms with E-state index in [0.717, 1.165) is 0 Å². The molecule has 1 aromatic rings. The van der Waals surface area contributed by atoms with Crippen molar-refractivity contribution in [2.75, 3.05) is 13.2 Å². The standard InChI is InChI=1S/C10H11FN2O/c11-9-4-2-1-3-8(9)7-13-10-12-5-6-14-10/h1-4H,5-7H2,(H,12,13). The topological polar surface area (TPSA) is 33.6 Å². The van der Waals surface area contributed by atoms with Crippen LogP contribution in [0.3, 0.4) is 0 Å². The van der Waals surface area contributed by atoms with Crippen molar-refractivity contribution in [3.63, 3.8) is 0 Å². The Hall–Kier alpha value is -1.58. The maximum absolute atomic E-state index is 13.1. The van der Waals surface area contributed by atoms with Crippen molar-refractivity contribution in [3.05, 3.63) is 35.6 Å². The minimum atomic E-state index is -0.210. The van der Waals surface area contributed by atoms with Gasteiger partial charge in [0.2, 0.25) is 0 Å². The Morgan fingerprint density at radius 2 is 2.29 bits per heavy atom. The summed E-state index contributed by atoms with van der Waals surface area (Å²) < 4.78 is 18.3. The first kappa shape index (κ1) is 8.99. The largest absolute Gasteiger partial charge is 0.463 e. The Morgan fingerprint density at radius 1 is 1.43 bits per heavy atom. The van der Waals surface area contributed by atoms with Crippen LogP contribution in [0, 0.1) is 5.82 Å². The third-order valence-corrected chi connectivity index (χ3v) is 1.97. The molecule has 0 spiro atoms. The van der Waals surface area contributed by atoms with E-state index in [1.54, 1.807) is 18.2 Å². The van der Waals surface area contributed by atoms with Crippen molar-refractivity contribution in [2.24, 2.45) is 4.99 Å². The van der Waals surface area contributed by atoms with E-state index in [1.165, 1.54) is 6.07 Å². The van der Waals surface area contributed by atoms with Gasteiger partial charge in [-0.3, -0.25) is 0 Å². The zero-order valence-electron chi connectivity index (χ0n) is 7.66. The lowest BCUT2D eigenvalue weighted by Crippen LogP contribution is -2.23. The van der Waals surface area contributed by atoms with E-state index in [-0.39, 0.29) is 5.82 Å². The molecule has 0 unspecified atom stereocenters. The van der Waals surface area contributed by atoms with Crippen molar-refractivity contribution in [3.8, 4) is 0 Å². The highest BCUT2D eigenvalue weighted by Crippen LogP contribution is 2.05. The Morgan fingerprint density at radius 3 is 3.00 bits per heavy atom. The molecule has 1 heterocycles. The molecule has 74 valence electrons. The van der Waals surface area contributed by atoms with E-state index in [9.17, 15) is 4.39 Å². The van der Waals surface area contributed by atoms with E-state index >= 15 is 0 Å². The van der Waals surface area contributed by atoms with Crippen LogP contribution in [0.2, 0.25) is 0 Å². The van der Waals surface area contributed by atoms with Crippen LogP contribution < -0.4 is 5.32 Å². The quantitative estimate of drug-likeness (QED) is 0.770. The molecule has 1 aromatic carbocycles. The number of rotatable bonds is 2. The molecule has 0 aromatic heterocycles. The van der Waals surface area contributed by atoms with Crippen LogP contribution in [-0.4, -0.2) is 19.2 Å². The zero-order chi connectivity index (χ0) is 9.80. The Bertz CT molecular complexity index is 352. The molecule has 0 radical (unpaired) electrons. The van der Waals surface area contributed by atoms with Crippen molar-refractivity contribution >= 4 is 6.02 Å². The highest BCUT2D eigenvalue weighted by molar-refractivity contribution is 5.74. The van der Waals surface area contributed by atoms with E-state index in [4.69, 9.17) is 4.74 Å². The summed E-state index contributed by atoms with van der Waals surface area (Å²) in [5.74, 6) is -0.210. The molecule has 1 N–H and O–H groups in total. The fraction of sp³-hybridized carbons (Fsp3) is 0.300. The summed E-state index contributed by atoms with van der Waals surface area (Å²) in [4.78, 5) is 4.04. The number of nitrogens with one attached hydrogen (secondary N) is 1. The van der Waals surface area contributed by atoms with Crippen LogP contribution in [0.25, 0.3) is 0 Å². The Kier molecular flexibility index (Phi) is 2.62. The molecule has 0 fully saturated rings. The predicted octanol–water partition coefficient (Wildman–Crippen LogP) is 1.30. The lowest BCUT2D eigenvalue weighted by Gasteiger charge is -2.05. The summed E-state index contributed by atoms with van der Waals surface area (Å²) in [7, 11) is 0. The molecule has 0 saturated carbocycles. The zero-order valence-corrected chi connectivity index (χ0v) is 7.66. The third-order valence-electron chi connectivity index (χ3n) is 1.97. The van der Waals surface area contributed by atoms with E-state index in [2.05, 4.69) is 10.3 Å². The average molecular weight is 194 g/mol. The van der Waals surface area contributed by atoms with Gasteiger partial charge in [-0.25, -0.2) is 9.38 Å². The lowest BCUT2D eigenvalue weighted by molar-refractivity contribution is 0.331. The molecule has 0 amide bonds. The SMILES string of the molecule is Fc1ccccc1CNC1=NCCO1. The number of hydrogen-bond donors (Lipinski definition) is 1. The minimum Gasteiger partial charge on any atom is -0.463 e. The molecule has 0 atom stereocenters. The maximum atomic E-state index is 13.1. The number of benzene rings is 1. The molecule has 3 nitrogen and oxygen atoms in total. The number of hydrogen-bond acceptors (Lipinski definition) is 3. The summed E-state index contributed by atoms with van der Waals surface area (Å²) in [6.45, 7) is 1.70. The Labute approximate surface area is 81.6 Å². The lowest BCUT2D eigenvalue weighted by atomic mass is 10.2. The number of aliphatic imine (C=N–C) groups is 1. The van der Waals surface area contributed by atoms with Crippen LogP contribution in [0.4, 0.5) is 4.39 Å². The predicted molar refractivity (Wildman–Crippen MR) is 51.5 cm³/mol. The van der Waals surface area contributed by atoms with Gasteiger partial charge in [-0.1, -0.05) is 18.2 Å². The van der Waals surface area contributed by atoms with Crippen molar-refractivity contribution in [1.82, 2.24) is 5.32 Å². The molecule has 0 bridgehead atoms. The first-order valence-electron chi connectivity index (χ1n) is 4.51. The normalized spacial score (nSPS) is 14.8. The molecule has 0 aliphatic carbocycles. The molecule has 14 heavy (non-hydrogen) atoms. The van der Waals surface area contributed by atoms with Crippen LogP contribution in [0.1, 0.15) is 5.56 Å². The van der Waals surface area contributed by atoms with Gasteiger partial charge in [0.1, 0.15) is 12.4 Å².